The van der Waals surface area contributed by atoms with Gasteiger partial charge < -0.3 is 19.7 Å². The number of aromatic nitrogens is 2. The van der Waals surface area contributed by atoms with E-state index in [1.54, 1.807) is 54.6 Å². The summed E-state index contributed by atoms with van der Waals surface area (Å²) in [6.07, 6.45) is 2.62. The Morgan fingerprint density at radius 2 is 1.27 bits per heavy atom. The normalized spacial score (nSPS) is 11.9. The summed E-state index contributed by atoms with van der Waals surface area (Å²) in [7, 11) is 2.90. The van der Waals surface area contributed by atoms with Gasteiger partial charge in [0.05, 0.1) is 36.9 Å². The number of ether oxygens (including phenoxy) is 2. The Hall–Kier alpha value is -4.66. The van der Waals surface area contributed by atoms with Gasteiger partial charge in [0.25, 0.3) is 0 Å². The van der Waals surface area contributed by atoms with Gasteiger partial charge in [-0.25, -0.2) is 4.68 Å². The van der Waals surface area contributed by atoms with Crippen molar-refractivity contribution in [3.8, 4) is 28.7 Å². The van der Waals surface area contributed by atoms with E-state index in [4.69, 9.17) is 9.47 Å². The van der Waals surface area contributed by atoms with Crippen molar-refractivity contribution in [1.82, 2.24) is 9.78 Å². The largest absolute Gasteiger partial charge is 0.504 e. The molecule has 2 N–H and O–H groups in total. The molecule has 1 heterocycles. The van der Waals surface area contributed by atoms with Crippen molar-refractivity contribution < 1.29 is 32.9 Å². The van der Waals surface area contributed by atoms with Crippen molar-refractivity contribution in [1.29, 1.82) is 0 Å². The number of hydrogen-bond acceptors (Lipinski definition) is 5. The average molecular weight is 508 g/mol. The summed E-state index contributed by atoms with van der Waals surface area (Å²) < 4.78 is 51.0. The molecule has 0 fully saturated rings. The molecular weight excluding hydrogens is 485 g/mol. The molecule has 9 heteroatoms. The minimum Gasteiger partial charge on any atom is -0.504 e. The highest BCUT2D eigenvalue weighted by atomic mass is 19.4. The number of aromatic hydroxyl groups is 2. The van der Waals surface area contributed by atoms with E-state index in [9.17, 15) is 23.4 Å². The molecule has 0 saturated carbocycles. The third kappa shape index (κ3) is 5.95. The molecule has 6 nitrogen and oxygen atoms in total. The predicted octanol–water partition coefficient (Wildman–Crippen LogP) is 6.66. The molecule has 0 amide bonds. The van der Waals surface area contributed by atoms with Crippen LogP contribution in [0, 0.1) is 0 Å². The maximum absolute atomic E-state index is 13.0. The van der Waals surface area contributed by atoms with Crippen LogP contribution in [0.4, 0.5) is 13.2 Å². The van der Waals surface area contributed by atoms with Gasteiger partial charge in [0, 0.05) is 0 Å². The first-order valence-electron chi connectivity index (χ1n) is 11.1. The fraction of sp³-hybridized carbons (Fsp3) is 0.107. The van der Waals surface area contributed by atoms with E-state index in [0.717, 1.165) is 23.3 Å². The van der Waals surface area contributed by atoms with Crippen molar-refractivity contribution in [2.75, 3.05) is 14.2 Å². The number of benzene rings is 3. The van der Waals surface area contributed by atoms with E-state index in [1.165, 1.54) is 43.2 Å². The number of nitrogens with zero attached hydrogens (tertiary/aromatic N) is 2. The summed E-state index contributed by atoms with van der Waals surface area (Å²) >= 11 is 0. The molecule has 0 saturated heterocycles. The van der Waals surface area contributed by atoms with E-state index in [1.807, 2.05) is 0 Å². The lowest BCUT2D eigenvalue weighted by Crippen LogP contribution is -2.05. The second-order valence-corrected chi connectivity index (χ2v) is 7.98. The summed E-state index contributed by atoms with van der Waals surface area (Å²) in [6, 6.07) is 16.3. The molecule has 190 valence electrons. The van der Waals surface area contributed by atoms with Gasteiger partial charge in [-0.15, -0.1) is 0 Å². The number of hydrogen-bond donors (Lipinski definition) is 2. The Labute approximate surface area is 211 Å². The van der Waals surface area contributed by atoms with Gasteiger partial charge in [0.1, 0.15) is 0 Å². The first-order chi connectivity index (χ1) is 17.7. The number of alkyl halides is 3. The molecule has 37 heavy (non-hydrogen) atoms. The summed E-state index contributed by atoms with van der Waals surface area (Å²) in [5.41, 5.74) is 2.35. The smallest absolute Gasteiger partial charge is 0.416 e. The fourth-order valence-corrected chi connectivity index (χ4v) is 3.57. The molecular formula is C28H23F3N2O4. The van der Waals surface area contributed by atoms with E-state index >= 15 is 0 Å². The van der Waals surface area contributed by atoms with Crippen molar-refractivity contribution in [2.24, 2.45) is 0 Å². The molecule has 0 spiro atoms. The lowest BCUT2D eigenvalue weighted by molar-refractivity contribution is -0.137. The predicted molar refractivity (Wildman–Crippen MR) is 136 cm³/mol. The maximum atomic E-state index is 13.0. The molecule has 1 aromatic heterocycles. The van der Waals surface area contributed by atoms with Gasteiger partial charge in [-0.1, -0.05) is 24.3 Å². The van der Waals surface area contributed by atoms with Crippen LogP contribution in [0.1, 0.15) is 28.1 Å². The van der Waals surface area contributed by atoms with Crippen molar-refractivity contribution in [2.45, 2.75) is 6.18 Å². The van der Waals surface area contributed by atoms with Crippen LogP contribution in [-0.2, 0) is 6.18 Å². The highest BCUT2D eigenvalue weighted by molar-refractivity contribution is 5.74. The number of phenolic OH excluding ortho intramolecular Hbond substituents is 2. The molecule has 0 radical (unpaired) electrons. The van der Waals surface area contributed by atoms with Crippen LogP contribution in [0.25, 0.3) is 30.0 Å². The average Bonchev–Trinajstić information content (AvgIpc) is 3.30. The zero-order valence-corrected chi connectivity index (χ0v) is 19.9. The Morgan fingerprint density at radius 1 is 0.730 bits per heavy atom. The Balaban J connectivity index is 1.71. The number of rotatable bonds is 7. The summed E-state index contributed by atoms with van der Waals surface area (Å²) in [5.74, 6) is 0.661. The second-order valence-electron chi connectivity index (χ2n) is 7.98. The Bertz CT molecular complexity index is 1460. The molecule has 3 aromatic carbocycles. The van der Waals surface area contributed by atoms with Gasteiger partial charge in [0.2, 0.25) is 0 Å². The van der Waals surface area contributed by atoms with E-state index < -0.39 is 11.7 Å². The lowest BCUT2D eigenvalue weighted by atomic mass is 10.1. The first kappa shape index (κ1) is 25.4. The van der Waals surface area contributed by atoms with E-state index in [2.05, 4.69) is 5.10 Å². The minimum atomic E-state index is -4.44. The standard InChI is InChI=1S/C28H23F3N2O4/c1-36-26-15-18(5-13-24(26)34)3-9-21-17-23(10-4-19-6-14-25(35)27(16-19)37-2)33(32-21)22-11-7-20(8-12-22)28(29,30)31/h3-17,34-35H,1-2H3/b9-3+,10-4+. The SMILES string of the molecule is COc1cc(/C=C/c2cc(/C=C/c3ccc(O)c(OC)c3)n(-c3ccc(C(F)(F)F)cc3)n2)ccc1O. The van der Waals surface area contributed by atoms with Gasteiger partial charge in [0.15, 0.2) is 23.0 Å². The second kappa shape index (κ2) is 10.5. The number of methoxy groups -OCH3 is 2. The highest BCUT2D eigenvalue weighted by Crippen LogP contribution is 2.31. The quantitative estimate of drug-likeness (QED) is 0.292. The number of halogens is 3. The third-order valence-electron chi connectivity index (χ3n) is 5.50. The van der Waals surface area contributed by atoms with Gasteiger partial charge >= 0.3 is 6.18 Å². The molecule has 0 atom stereocenters. The Morgan fingerprint density at radius 3 is 1.78 bits per heavy atom. The van der Waals surface area contributed by atoms with Crippen molar-refractivity contribution >= 4 is 24.3 Å². The summed E-state index contributed by atoms with van der Waals surface area (Å²) in [5, 5.41) is 24.2. The molecule has 0 aliphatic heterocycles. The van der Waals surface area contributed by atoms with Gasteiger partial charge in [-0.2, -0.15) is 18.3 Å². The molecule has 0 aliphatic carbocycles. The van der Waals surface area contributed by atoms with Gasteiger partial charge in [-0.05, 0) is 77.9 Å². The Kier molecular flexibility index (Phi) is 7.24. The topological polar surface area (TPSA) is 76.7 Å². The highest BCUT2D eigenvalue weighted by Gasteiger charge is 2.30. The van der Waals surface area contributed by atoms with Crippen LogP contribution in [0.2, 0.25) is 0 Å². The van der Waals surface area contributed by atoms with Crippen LogP contribution in [-0.4, -0.2) is 34.2 Å². The fourth-order valence-electron chi connectivity index (χ4n) is 3.57. The number of phenols is 2. The molecule has 0 unspecified atom stereocenters. The molecule has 0 aliphatic rings. The lowest BCUT2D eigenvalue weighted by Gasteiger charge is -2.09. The molecule has 4 rings (SSSR count). The first-order valence-corrected chi connectivity index (χ1v) is 11.1. The summed E-state index contributed by atoms with van der Waals surface area (Å²) in [4.78, 5) is 0. The minimum absolute atomic E-state index is 0.00716. The van der Waals surface area contributed by atoms with Crippen molar-refractivity contribution in [3.05, 3.63) is 94.8 Å². The van der Waals surface area contributed by atoms with E-state index in [-0.39, 0.29) is 11.5 Å². The van der Waals surface area contributed by atoms with Crippen LogP contribution < -0.4 is 9.47 Å². The zero-order chi connectivity index (χ0) is 26.6. The van der Waals surface area contributed by atoms with Crippen LogP contribution in [0.5, 0.6) is 23.0 Å². The monoisotopic (exact) mass is 508 g/mol. The maximum Gasteiger partial charge on any atom is 0.416 e. The van der Waals surface area contributed by atoms with Crippen LogP contribution >= 0.6 is 0 Å². The van der Waals surface area contributed by atoms with Crippen LogP contribution in [0.15, 0.2) is 66.7 Å². The molecule has 4 aromatic rings. The zero-order valence-electron chi connectivity index (χ0n) is 19.9. The van der Waals surface area contributed by atoms with E-state index in [0.29, 0.717) is 28.6 Å². The van der Waals surface area contributed by atoms with Gasteiger partial charge in [-0.3, -0.25) is 0 Å². The molecule has 0 bridgehead atoms. The summed E-state index contributed by atoms with van der Waals surface area (Å²) in [6.45, 7) is 0. The van der Waals surface area contributed by atoms with Crippen LogP contribution in [0.3, 0.4) is 0 Å². The van der Waals surface area contributed by atoms with Crippen molar-refractivity contribution in [3.63, 3.8) is 0 Å². The third-order valence-corrected chi connectivity index (χ3v) is 5.50.